The summed E-state index contributed by atoms with van der Waals surface area (Å²) in [6.45, 7) is 4.53. The SMILES string of the molecule is CCCC/C=C\C/C=C\CCCCCCCC(=O)OCC(COCCC(C(=O)[O-])[N+](C)(C)C)OC(=O)CCCCCCC/C=C\C/C=C\CCCC. The van der Waals surface area contributed by atoms with Crippen molar-refractivity contribution in [1.29, 1.82) is 0 Å². The first-order valence-corrected chi connectivity index (χ1v) is 20.7. The van der Waals surface area contributed by atoms with Crippen LogP contribution in [0.3, 0.4) is 0 Å². The smallest absolute Gasteiger partial charge is 0.306 e. The number of esters is 2. The van der Waals surface area contributed by atoms with Crippen LogP contribution in [0.1, 0.15) is 162 Å². The molecule has 0 aromatic heterocycles. The molecule has 0 heterocycles. The zero-order chi connectivity index (χ0) is 38.5. The molecule has 0 saturated heterocycles. The molecule has 300 valence electrons. The van der Waals surface area contributed by atoms with Gasteiger partial charge in [0.2, 0.25) is 0 Å². The van der Waals surface area contributed by atoms with Crippen LogP contribution in [0.15, 0.2) is 48.6 Å². The molecule has 0 aromatic carbocycles. The van der Waals surface area contributed by atoms with Crippen molar-refractivity contribution in [3.63, 3.8) is 0 Å². The normalized spacial score (nSPS) is 13.5. The van der Waals surface area contributed by atoms with Crippen molar-refractivity contribution < 1.29 is 38.2 Å². The quantitative estimate of drug-likeness (QED) is 0.0274. The van der Waals surface area contributed by atoms with Crippen molar-refractivity contribution in [2.24, 2.45) is 0 Å². The maximum atomic E-state index is 12.7. The number of ether oxygens (including phenoxy) is 3. The van der Waals surface area contributed by atoms with Crippen LogP contribution in [0, 0.1) is 0 Å². The van der Waals surface area contributed by atoms with E-state index in [0.717, 1.165) is 89.9 Å². The molecular weight excluding hydrogens is 654 g/mol. The first-order valence-electron chi connectivity index (χ1n) is 20.7. The van der Waals surface area contributed by atoms with Gasteiger partial charge in [0.25, 0.3) is 0 Å². The molecule has 0 aliphatic carbocycles. The lowest BCUT2D eigenvalue weighted by atomic mass is 10.1. The first kappa shape index (κ1) is 49.3. The molecule has 0 N–H and O–H groups in total. The average Bonchev–Trinajstić information content (AvgIpc) is 3.09. The van der Waals surface area contributed by atoms with E-state index < -0.39 is 18.1 Å². The third-order valence-electron chi connectivity index (χ3n) is 8.94. The molecule has 8 heteroatoms. The fourth-order valence-corrected chi connectivity index (χ4v) is 5.63. The first-order chi connectivity index (χ1) is 25.1. The van der Waals surface area contributed by atoms with Crippen molar-refractivity contribution in [2.45, 2.75) is 174 Å². The summed E-state index contributed by atoms with van der Waals surface area (Å²) in [5.74, 6) is -1.78. The number of carbonyl (C=O) groups excluding carboxylic acids is 3. The predicted molar refractivity (Wildman–Crippen MR) is 213 cm³/mol. The van der Waals surface area contributed by atoms with Crippen molar-refractivity contribution in [2.75, 3.05) is 41.0 Å². The van der Waals surface area contributed by atoms with Crippen LogP contribution in [-0.2, 0) is 28.6 Å². The molecule has 2 atom stereocenters. The second-order valence-electron chi connectivity index (χ2n) is 14.9. The molecule has 0 fully saturated rings. The maximum Gasteiger partial charge on any atom is 0.306 e. The fourth-order valence-electron chi connectivity index (χ4n) is 5.63. The van der Waals surface area contributed by atoms with E-state index in [1.165, 1.54) is 38.5 Å². The van der Waals surface area contributed by atoms with Crippen LogP contribution in [0.25, 0.3) is 0 Å². The number of likely N-dealkylation sites (N-methyl/N-ethyl adjacent to an activating group) is 1. The molecule has 0 bridgehead atoms. The van der Waals surface area contributed by atoms with E-state index in [0.29, 0.717) is 12.8 Å². The lowest BCUT2D eigenvalue weighted by Gasteiger charge is -2.34. The summed E-state index contributed by atoms with van der Waals surface area (Å²) in [7, 11) is 5.39. The van der Waals surface area contributed by atoms with Crippen molar-refractivity contribution in [3.05, 3.63) is 48.6 Å². The van der Waals surface area contributed by atoms with Gasteiger partial charge in [-0.2, -0.15) is 0 Å². The number of hydrogen-bond donors (Lipinski definition) is 0. The Bertz CT molecular complexity index is 995. The molecule has 0 saturated carbocycles. The van der Waals surface area contributed by atoms with Gasteiger partial charge in [0.05, 0.1) is 40.3 Å². The van der Waals surface area contributed by atoms with Crippen molar-refractivity contribution in [3.8, 4) is 0 Å². The zero-order valence-electron chi connectivity index (χ0n) is 34.0. The van der Waals surface area contributed by atoms with Gasteiger partial charge >= 0.3 is 11.9 Å². The lowest BCUT2D eigenvalue weighted by Crippen LogP contribution is -2.55. The summed E-state index contributed by atoms with van der Waals surface area (Å²) < 4.78 is 17.1. The van der Waals surface area contributed by atoms with Crippen molar-refractivity contribution >= 4 is 17.9 Å². The second-order valence-corrected chi connectivity index (χ2v) is 14.9. The highest BCUT2D eigenvalue weighted by molar-refractivity contribution is 5.70. The van der Waals surface area contributed by atoms with E-state index in [1.807, 2.05) is 0 Å². The van der Waals surface area contributed by atoms with E-state index in [1.54, 1.807) is 21.1 Å². The zero-order valence-corrected chi connectivity index (χ0v) is 34.0. The molecule has 0 rings (SSSR count). The summed E-state index contributed by atoms with van der Waals surface area (Å²) in [5.41, 5.74) is 0. The molecule has 0 spiro atoms. The standard InChI is InChI=1S/C44H77NO7/c1-6-8-10-12-14-16-18-20-22-24-26-28-30-32-34-42(46)51-39-40(38-50-37-36-41(44(48)49)45(3,4)5)52-43(47)35-33-31-29-27-25-23-21-19-17-15-13-11-9-7-2/h12-15,18-21,40-41H,6-11,16-17,22-39H2,1-5H3/b14-12-,15-13-,20-18-,21-19-. The Labute approximate surface area is 318 Å². The number of unbranched alkanes of at least 4 members (excludes halogenated alkanes) is 14. The number of aliphatic carboxylic acids is 1. The molecule has 0 aromatic rings. The molecule has 52 heavy (non-hydrogen) atoms. The molecule has 8 nitrogen and oxygen atoms in total. The Balaban J connectivity index is 4.44. The molecule has 0 aliphatic rings. The number of nitrogens with zero attached hydrogens (tertiary/aromatic N) is 1. The third-order valence-corrected chi connectivity index (χ3v) is 8.94. The van der Waals surface area contributed by atoms with Gasteiger partial charge in [-0.25, -0.2) is 0 Å². The minimum Gasteiger partial charge on any atom is -0.544 e. The fraction of sp³-hybridized carbons (Fsp3) is 0.750. The Hall–Kier alpha value is -2.71. The van der Waals surface area contributed by atoms with E-state index >= 15 is 0 Å². The van der Waals surface area contributed by atoms with Gasteiger partial charge in [-0.3, -0.25) is 9.59 Å². The van der Waals surface area contributed by atoms with Gasteiger partial charge in [-0.15, -0.1) is 0 Å². The van der Waals surface area contributed by atoms with Gasteiger partial charge in [0.15, 0.2) is 6.10 Å². The Morgan fingerprint density at radius 3 is 1.48 bits per heavy atom. The number of carbonyl (C=O) groups is 3. The van der Waals surface area contributed by atoms with Gasteiger partial charge in [0, 0.05) is 19.3 Å². The summed E-state index contributed by atoms with van der Waals surface area (Å²) in [6, 6.07) is -0.730. The molecule has 2 unspecified atom stereocenters. The molecule has 0 radical (unpaired) electrons. The predicted octanol–water partition coefficient (Wildman–Crippen LogP) is 9.52. The summed E-state index contributed by atoms with van der Waals surface area (Å²) >= 11 is 0. The Morgan fingerprint density at radius 1 is 0.577 bits per heavy atom. The number of carboxylic acids is 1. The van der Waals surface area contributed by atoms with Crippen LogP contribution >= 0.6 is 0 Å². The topological polar surface area (TPSA) is 102 Å². The summed E-state index contributed by atoms with van der Waals surface area (Å²) in [5, 5.41) is 11.6. The number of hydrogen-bond acceptors (Lipinski definition) is 7. The highest BCUT2D eigenvalue weighted by atomic mass is 16.6. The monoisotopic (exact) mass is 732 g/mol. The van der Waals surface area contributed by atoms with Gasteiger partial charge < -0.3 is 28.6 Å². The second kappa shape index (κ2) is 35.3. The minimum absolute atomic E-state index is 0.0293. The van der Waals surface area contributed by atoms with Gasteiger partial charge in [-0.05, 0) is 64.2 Å². The van der Waals surface area contributed by atoms with E-state index in [2.05, 4.69) is 62.5 Å². The number of carboxylic acid groups (broad SMARTS) is 1. The third kappa shape index (κ3) is 33.1. The van der Waals surface area contributed by atoms with Crippen LogP contribution < -0.4 is 5.11 Å². The van der Waals surface area contributed by atoms with Crippen LogP contribution in [0.2, 0.25) is 0 Å². The van der Waals surface area contributed by atoms with Crippen LogP contribution in [-0.4, -0.2) is 75.5 Å². The highest BCUT2D eigenvalue weighted by Crippen LogP contribution is 2.12. The van der Waals surface area contributed by atoms with Gasteiger partial charge in [-0.1, -0.05) is 127 Å². The van der Waals surface area contributed by atoms with E-state index in [4.69, 9.17) is 14.2 Å². The highest BCUT2D eigenvalue weighted by Gasteiger charge is 2.25. The molecular formula is C44H77NO7. The van der Waals surface area contributed by atoms with E-state index in [9.17, 15) is 19.5 Å². The van der Waals surface area contributed by atoms with Crippen LogP contribution in [0.5, 0.6) is 0 Å². The largest absolute Gasteiger partial charge is 0.544 e. The number of allylic oxidation sites excluding steroid dienone is 8. The average molecular weight is 732 g/mol. The number of quaternary nitrogens is 1. The molecule has 0 amide bonds. The van der Waals surface area contributed by atoms with E-state index in [-0.39, 0.29) is 42.7 Å². The minimum atomic E-state index is -1.13. The summed E-state index contributed by atoms with van der Waals surface area (Å²) in [4.78, 5) is 36.7. The Kier molecular flexibility index (Phi) is 33.5. The van der Waals surface area contributed by atoms with Gasteiger partial charge in [0.1, 0.15) is 12.6 Å². The van der Waals surface area contributed by atoms with Crippen LogP contribution in [0.4, 0.5) is 0 Å². The van der Waals surface area contributed by atoms with Crippen molar-refractivity contribution in [1.82, 2.24) is 0 Å². The Morgan fingerprint density at radius 2 is 1.02 bits per heavy atom. The summed E-state index contributed by atoms with van der Waals surface area (Å²) in [6.07, 6.45) is 39.8. The maximum absolute atomic E-state index is 12.7. The lowest BCUT2D eigenvalue weighted by molar-refractivity contribution is -0.889. The molecule has 0 aliphatic heterocycles. The number of rotatable bonds is 36.